The maximum Gasteiger partial charge on any atom is 0.348 e. The Bertz CT molecular complexity index is 2490. The van der Waals surface area contributed by atoms with Crippen LogP contribution < -0.4 is 26.6 Å². The molecule has 0 aliphatic heterocycles. The van der Waals surface area contributed by atoms with Crippen molar-refractivity contribution in [3.63, 3.8) is 0 Å². The molecule has 0 bridgehead atoms. The third-order valence-corrected chi connectivity index (χ3v) is 10.5. The SMILES string of the molecule is CC(=O)NC(Cc1cccnc1)C(=O)NC(CC(=O)O)C(=O)NC(Cc1c(F)c(F)c(F)c(F)c1F)C(=O)NC(Cc1ccccc1)C(=O)NC(CC(=O)O)C(=O)COC(=O)c1ccc(C)s1. The number of Topliss-reactive ketones (excluding diaryl/α,β-unsaturated/α-hetero) is 1. The number of aliphatic carboxylic acids is 2. The van der Waals surface area contributed by atoms with Gasteiger partial charge >= 0.3 is 17.9 Å². The molecule has 18 nitrogen and oxygen atoms in total. The molecule has 67 heavy (non-hydrogen) atoms. The number of hydrogen-bond donors (Lipinski definition) is 7. The standard InChI is InChI=1S/C43H41F5N6O12S/c1-20-10-11-31(67-20)43(65)66-19-30(56)25(16-32(57)58)51-40(62)27(13-22-7-4-3-5-8-22)52-41(63)28(15-24-34(44)36(46)38(48)37(47)35(24)45)53-42(64)29(17-33(59)60)54-39(61)26(50-21(2)55)14-23-9-6-12-49-18-23/h3-12,18,25-29H,13-17,19H2,1-2H3,(H,50,55)(H,51,62)(H,52,63)(H,53,64)(H,54,61)(H,57,58)(H,59,60). The van der Waals surface area contributed by atoms with Gasteiger partial charge in [-0.1, -0.05) is 36.4 Å². The third-order valence-electron chi connectivity index (χ3n) is 9.50. The molecule has 7 N–H and O–H groups in total. The summed E-state index contributed by atoms with van der Waals surface area (Å²) in [4.78, 5) is 122. The number of benzene rings is 2. The highest BCUT2D eigenvalue weighted by Gasteiger charge is 2.36. The second-order valence-electron chi connectivity index (χ2n) is 14.7. The van der Waals surface area contributed by atoms with E-state index in [2.05, 4.69) is 26.3 Å². The number of pyridine rings is 1. The second-order valence-corrected chi connectivity index (χ2v) is 15.9. The molecule has 2 heterocycles. The maximum atomic E-state index is 15.1. The van der Waals surface area contributed by atoms with Gasteiger partial charge in [0.05, 0.1) is 12.8 Å². The fraction of sp³-hybridized carbons (Fsp3) is 0.302. The van der Waals surface area contributed by atoms with Crippen LogP contribution in [0.2, 0.25) is 0 Å². The first-order chi connectivity index (χ1) is 31.6. The van der Waals surface area contributed by atoms with Gasteiger partial charge in [-0.2, -0.15) is 0 Å². The number of hydrogen-bond acceptors (Lipinski definition) is 12. The molecule has 5 unspecified atom stereocenters. The zero-order valence-corrected chi connectivity index (χ0v) is 36.0. The van der Waals surface area contributed by atoms with Crippen LogP contribution in [0.3, 0.4) is 0 Å². The molecule has 356 valence electrons. The molecule has 4 rings (SSSR count). The number of thiophene rings is 1. The second kappa shape index (κ2) is 24.1. The van der Waals surface area contributed by atoms with Gasteiger partial charge in [0, 0.05) is 49.0 Å². The number of halogens is 5. The van der Waals surface area contributed by atoms with Gasteiger partial charge in [0.15, 0.2) is 35.7 Å². The number of aryl methyl sites for hydroxylation is 1. The Hall–Kier alpha value is -7.63. The van der Waals surface area contributed by atoms with Crippen LogP contribution in [0.15, 0.2) is 67.0 Å². The Morgan fingerprint density at radius 2 is 1.07 bits per heavy atom. The van der Waals surface area contributed by atoms with Crippen LogP contribution in [0.1, 0.15) is 51.0 Å². The molecule has 5 atom stereocenters. The average molecular weight is 961 g/mol. The molecule has 2 aromatic carbocycles. The number of carboxylic acids is 2. The maximum absolute atomic E-state index is 15.1. The lowest BCUT2D eigenvalue weighted by molar-refractivity contribution is -0.142. The van der Waals surface area contributed by atoms with Crippen molar-refractivity contribution < 1.29 is 80.1 Å². The lowest BCUT2D eigenvalue weighted by atomic mass is 10.00. The van der Waals surface area contributed by atoms with Gasteiger partial charge in [-0.25, -0.2) is 26.7 Å². The summed E-state index contributed by atoms with van der Waals surface area (Å²) in [6.07, 6.45) is -1.88. The van der Waals surface area contributed by atoms with E-state index in [1.54, 1.807) is 19.1 Å². The summed E-state index contributed by atoms with van der Waals surface area (Å²) in [5, 5.41) is 29.9. The van der Waals surface area contributed by atoms with Crippen molar-refractivity contribution in [2.24, 2.45) is 0 Å². The first-order valence-corrected chi connectivity index (χ1v) is 20.6. The van der Waals surface area contributed by atoms with Crippen LogP contribution in [0.4, 0.5) is 22.0 Å². The summed E-state index contributed by atoms with van der Waals surface area (Å²) in [5.41, 5.74) is -0.967. The van der Waals surface area contributed by atoms with Crippen LogP contribution in [-0.2, 0) is 62.4 Å². The molecule has 0 radical (unpaired) electrons. The highest BCUT2D eigenvalue weighted by molar-refractivity contribution is 7.13. The topological polar surface area (TPSA) is 276 Å². The number of carbonyl (C=O) groups is 9. The van der Waals surface area contributed by atoms with E-state index in [-0.39, 0.29) is 16.9 Å². The molecule has 24 heteroatoms. The summed E-state index contributed by atoms with van der Waals surface area (Å²) >= 11 is 1.03. The lowest BCUT2D eigenvalue weighted by Crippen LogP contribution is -2.60. The van der Waals surface area contributed by atoms with Crippen LogP contribution in [-0.4, -0.2) is 105 Å². The molecule has 0 saturated heterocycles. The summed E-state index contributed by atoms with van der Waals surface area (Å²) < 4.78 is 78.2. The molecule has 5 amide bonds. The number of carboxylic acid groups (broad SMARTS) is 2. The first-order valence-electron chi connectivity index (χ1n) is 19.8. The number of amides is 5. The summed E-state index contributed by atoms with van der Waals surface area (Å²) in [6.45, 7) is 1.72. The summed E-state index contributed by atoms with van der Waals surface area (Å²) in [5.74, 6) is -24.1. The van der Waals surface area contributed by atoms with E-state index in [1.807, 2.05) is 5.32 Å². The molecule has 0 saturated carbocycles. The highest BCUT2D eigenvalue weighted by Crippen LogP contribution is 2.24. The van der Waals surface area contributed by atoms with Crippen LogP contribution in [0, 0.1) is 36.0 Å². The van der Waals surface area contributed by atoms with Gasteiger partial charge in [-0.3, -0.25) is 43.3 Å². The number of aromatic nitrogens is 1. The van der Waals surface area contributed by atoms with E-state index in [0.717, 1.165) is 23.1 Å². The van der Waals surface area contributed by atoms with Crippen LogP contribution in [0.5, 0.6) is 0 Å². The highest BCUT2D eigenvalue weighted by atomic mass is 32.1. The number of nitrogens with zero attached hydrogens (tertiary/aromatic N) is 1. The van der Waals surface area contributed by atoms with Crippen molar-refractivity contribution in [3.8, 4) is 0 Å². The van der Waals surface area contributed by atoms with E-state index < -0.39 is 150 Å². The smallest absolute Gasteiger partial charge is 0.348 e. The van der Waals surface area contributed by atoms with Gasteiger partial charge in [-0.15, -0.1) is 11.3 Å². The average Bonchev–Trinajstić information content (AvgIpc) is 3.73. The largest absolute Gasteiger partial charge is 0.481 e. The molecule has 0 spiro atoms. The fourth-order valence-electron chi connectivity index (χ4n) is 6.26. The van der Waals surface area contributed by atoms with Crippen LogP contribution >= 0.6 is 11.3 Å². The van der Waals surface area contributed by atoms with E-state index in [9.17, 15) is 66.5 Å². The van der Waals surface area contributed by atoms with Crippen molar-refractivity contribution in [1.82, 2.24) is 31.6 Å². The minimum atomic E-state index is -2.57. The van der Waals surface area contributed by atoms with Gasteiger partial charge in [0.1, 0.15) is 35.1 Å². The molecular formula is C43H41F5N6O12S. The predicted molar refractivity (Wildman–Crippen MR) is 222 cm³/mol. The Morgan fingerprint density at radius 1 is 0.597 bits per heavy atom. The monoisotopic (exact) mass is 960 g/mol. The zero-order valence-electron chi connectivity index (χ0n) is 35.2. The number of esters is 1. The zero-order chi connectivity index (χ0) is 49.5. The van der Waals surface area contributed by atoms with Gasteiger partial charge in [0.25, 0.3) is 0 Å². The molecule has 0 fully saturated rings. The summed E-state index contributed by atoms with van der Waals surface area (Å²) in [6, 6.07) is 3.62. The normalized spacial score (nSPS) is 13.1. The fourth-order valence-corrected chi connectivity index (χ4v) is 7.02. The van der Waals surface area contributed by atoms with Gasteiger partial charge in [0.2, 0.25) is 35.4 Å². The molecule has 0 aliphatic rings. The van der Waals surface area contributed by atoms with Crippen molar-refractivity contribution in [2.75, 3.05) is 6.61 Å². The van der Waals surface area contributed by atoms with E-state index in [1.165, 1.54) is 54.9 Å². The quantitative estimate of drug-likeness (QED) is 0.0243. The van der Waals surface area contributed by atoms with Crippen molar-refractivity contribution in [3.05, 3.63) is 123 Å². The number of ether oxygens (including phenoxy) is 1. The Kier molecular flexibility index (Phi) is 18.7. The van der Waals surface area contributed by atoms with Crippen molar-refractivity contribution in [2.45, 2.75) is 76.2 Å². The van der Waals surface area contributed by atoms with E-state index in [0.29, 0.717) is 5.56 Å². The Labute approximate surface area is 380 Å². The summed E-state index contributed by atoms with van der Waals surface area (Å²) in [7, 11) is 0. The first kappa shape index (κ1) is 52.0. The minimum absolute atomic E-state index is 0.106. The van der Waals surface area contributed by atoms with Crippen LogP contribution in [0.25, 0.3) is 0 Å². The third kappa shape index (κ3) is 15.2. The lowest BCUT2D eigenvalue weighted by Gasteiger charge is -2.27. The number of nitrogens with one attached hydrogen (secondary N) is 5. The van der Waals surface area contributed by atoms with E-state index >= 15 is 8.78 Å². The Balaban J connectivity index is 1.69. The molecule has 2 aromatic heterocycles. The van der Waals surface area contributed by atoms with Gasteiger partial charge in [-0.05, 0) is 36.2 Å². The van der Waals surface area contributed by atoms with Crippen molar-refractivity contribution >= 4 is 64.6 Å². The van der Waals surface area contributed by atoms with Gasteiger partial charge < -0.3 is 41.5 Å². The molecule has 0 aliphatic carbocycles. The number of carbonyl (C=O) groups excluding carboxylic acids is 7. The van der Waals surface area contributed by atoms with Crippen molar-refractivity contribution in [1.29, 1.82) is 0 Å². The number of ketones is 1. The van der Waals surface area contributed by atoms with E-state index in [4.69, 9.17) is 4.74 Å². The minimum Gasteiger partial charge on any atom is -0.481 e. The molecule has 4 aromatic rings. The Morgan fingerprint density at radius 3 is 1.60 bits per heavy atom. The number of rotatable bonds is 23. The predicted octanol–water partition coefficient (Wildman–Crippen LogP) is 1.99. The molecular weight excluding hydrogens is 920 g/mol.